The molecule has 0 unspecified atom stereocenters. The summed E-state index contributed by atoms with van der Waals surface area (Å²) in [5.41, 5.74) is 3.60. The highest BCUT2D eigenvalue weighted by Crippen LogP contribution is 2.34. The lowest BCUT2D eigenvalue weighted by molar-refractivity contribution is 0.617. The van der Waals surface area contributed by atoms with Crippen molar-refractivity contribution in [3.05, 3.63) is 49.9 Å². The molecule has 2 aromatic carbocycles. The van der Waals surface area contributed by atoms with Crippen molar-refractivity contribution in [2.75, 3.05) is 0 Å². The normalized spacial score (nSPS) is 11.2. The van der Waals surface area contributed by atoms with Gasteiger partial charge in [-0.25, -0.2) is 4.98 Å². The summed E-state index contributed by atoms with van der Waals surface area (Å²) in [4.78, 5) is 4.53. The van der Waals surface area contributed by atoms with Crippen molar-refractivity contribution in [3.8, 4) is 11.5 Å². The van der Waals surface area contributed by atoms with Gasteiger partial charge in [-0.1, -0.05) is 11.6 Å². The monoisotopic (exact) mass is 399 g/mol. The maximum absolute atomic E-state index is 5.94. The number of halogens is 3. The van der Waals surface area contributed by atoms with Crippen LogP contribution < -0.4 is 0 Å². The number of aromatic nitrogens is 1. The van der Waals surface area contributed by atoms with Crippen molar-refractivity contribution < 1.29 is 4.42 Å². The summed E-state index contributed by atoms with van der Waals surface area (Å²) in [5, 5.41) is 0.670. The zero-order valence-electron chi connectivity index (χ0n) is 9.88. The lowest BCUT2D eigenvalue weighted by Gasteiger charge is -1.99. The first-order valence-corrected chi connectivity index (χ1v) is 7.53. The molecule has 3 aromatic rings. The summed E-state index contributed by atoms with van der Waals surface area (Å²) in [5.74, 6) is 0.574. The zero-order chi connectivity index (χ0) is 13.6. The number of aryl methyl sites for hydroxylation is 1. The summed E-state index contributed by atoms with van der Waals surface area (Å²) in [6, 6.07) is 9.53. The van der Waals surface area contributed by atoms with E-state index in [2.05, 4.69) is 36.8 Å². The van der Waals surface area contributed by atoms with Crippen molar-refractivity contribution in [1.29, 1.82) is 0 Å². The molecule has 0 bridgehead atoms. The van der Waals surface area contributed by atoms with Crippen LogP contribution in [-0.2, 0) is 0 Å². The molecule has 0 fully saturated rings. The maximum Gasteiger partial charge on any atom is 0.228 e. The average Bonchev–Trinajstić information content (AvgIpc) is 2.72. The van der Waals surface area contributed by atoms with E-state index in [1.54, 1.807) is 0 Å². The summed E-state index contributed by atoms with van der Waals surface area (Å²) in [6.45, 7) is 2.02. The van der Waals surface area contributed by atoms with Crippen LogP contribution in [0, 0.1) is 6.92 Å². The third kappa shape index (κ3) is 2.45. The smallest absolute Gasteiger partial charge is 0.228 e. The van der Waals surface area contributed by atoms with Crippen LogP contribution in [0.4, 0.5) is 0 Å². The Bertz CT molecular complexity index is 782. The minimum atomic E-state index is 0.574. The number of fused-ring (bicyclic) bond motifs is 1. The van der Waals surface area contributed by atoms with Crippen molar-refractivity contribution in [1.82, 2.24) is 4.98 Å². The fourth-order valence-corrected chi connectivity index (χ4v) is 3.40. The molecular formula is C14H8Br2ClNO. The van der Waals surface area contributed by atoms with Crippen LogP contribution in [0.1, 0.15) is 5.56 Å². The van der Waals surface area contributed by atoms with E-state index in [4.69, 9.17) is 16.0 Å². The second-order valence-corrected chi connectivity index (χ2v) is 6.38. The van der Waals surface area contributed by atoms with E-state index in [9.17, 15) is 0 Å². The van der Waals surface area contributed by atoms with E-state index >= 15 is 0 Å². The molecule has 0 aliphatic carbocycles. The van der Waals surface area contributed by atoms with E-state index in [0.717, 1.165) is 31.2 Å². The molecule has 0 saturated heterocycles. The zero-order valence-corrected chi connectivity index (χ0v) is 13.8. The number of hydrogen-bond acceptors (Lipinski definition) is 2. The van der Waals surface area contributed by atoms with E-state index in [1.165, 1.54) is 0 Å². The van der Waals surface area contributed by atoms with E-state index < -0.39 is 0 Å². The summed E-state index contributed by atoms with van der Waals surface area (Å²) in [6.07, 6.45) is 0. The summed E-state index contributed by atoms with van der Waals surface area (Å²) in [7, 11) is 0. The highest BCUT2D eigenvalue weighted by molar-refractivity contribution is 9.11. The molecule has 3 rings (SSSR count). The molecule has 1 heterocycles. The average molecular weight is 401 g/mol. The molecule has 0 atom stereocenters. The first-order chi connectivity index (χ1) is 9.04. The van der Waals surface area contributed by atoms with Crippen molar-refractivity contribution in [2.24, 2.45) is 0 Å². The van der Waals surface area contributed by atoms with Crippen LogP contribution in [0.25, 0.3) is 22.6 Å². The van der Waals surface area contributed by atoms with Gasteiger partial charge in [-0.2, -0.15) is 0 Å². The van der Waals surface area contributed by atoms with Crippen LogP contribution in [-0.4, -0.2) is 4.98 Å². The molecule has 0 spiro atoms. The van der Waals surface area contributed by atoms with Gasteiger partial charge >= 0.3 is 0 Å². The van der Waals surface area contributed by atoms with Gasteiger partial charge in [0.2, 0.25) is 5.89 Å². The first kappa shape index (κ1) is 13.2. The summed E-state index contributed by atoms with van der Waals surface area (Å²) >= 11 is 12.9. The molecule has 0 N–H and O–H groups in total. The van der Waals surface area contributed by atoms with Crippen LogP contribution in [0.2, 0.25) is 5.02 Å². The minimum Gasteiger partial charge on any atom is -0.435 e. The van der Waals surface area contributed by atoms with Crippen LogP contribution in [0.5, 0.6) is 0 Å². The Morgan fingerprint density at radius 3 is 2.63 bits per heavy atom. The molecule has 1 aromatic heterocycles. The third-order valence-corrected chi connectivity index (χ3v) is 4.23. The Balaban J connectivity index is 2.23. The van der Waals surface area contributed by atoms with E-state index in [-0.39, 0.29) is 0 Å². The Morgan fingerprint density at radius 2 is 1.89 bits per heavy atom. The first-order valence-electron chi connectivity index (χ1n) is 5.57. The summed E-state index contributed by atoms with van der Waals surface area (Å²) < 4.78 is 7.60. The topological polar surface area (TPSA) is 26.0 Å². The predicted octanol–water partition coefficient (Wildman–Crippen LogP) is 5.98. The molecule has 0 aliphatic heterocycles. The molecule has 2 nitrogen and oxygen atoms in total. The van der Waals surface area contributed by atoms with Gasteiger partial charge in [0.1, 0.15) is 5.52 Å². The van der Waals surface area contributed by atoms with Gasteiger partial charge in [-0.3, -0.25) is 0 Å². The van der Waals surface area contributed by atoms with E-state index in [0.29, 0.717) is 10.9 Å². The second kappa shape index (κ2) is 4.93. The molecular weight excluding hydrogens is 393 g/mol. The van der Waals surface area contributed by atoms with Gasteiger partial charge in [0, 0.05) is 9.50 Å². The Kier molecular flexibility index (Phi) is 3.41. The van der Waals surface area contributed by atoms with Crippen LogP contribution in [0.3, 0.4) is 0 Å². The predicted molar refractivity (Wildman–Crippen MR) is 84.6 cm³/mol. The number of benzene rings is 2. The van der Waals surface area contributed by atoms with Gasteiger partial charge in [0.05, 0.1) is 10.0 Å². The third-order valence-electron chi connectivity index (χ3n) is 2.75. The van der Waals surface area contributed by atoms with E-state index in [1.807, 2.05) is 37.3 Å². The molecule has 0 saturated carbocycles. The number of rotatable bonds is 1. The quantitative estimate of drug-likeness (QED) is 0.501. The van der Waals surface area contributed by atoms with Crippen LogP contribution in [0.15, 0.2) is 43.7 Å². The number of hydrogen-bond donors (Lipinski definition) is 0. The lowest BCUT2D eigenvalue weighted by Crippen LogP contribution is -1.79. The molecule has 19 heavy (non-hydrogen) atoms. The SMILES string of the molecule is Cc1cc(Br)c2oc(-c3ccc(Cl)cc3Br)nc2c1. The number of nitrogens with zero attached hydrogens (tertiary/aromatic N) is 1. The number of oxazole rings is 1. The van der Waals surface area contributed by atoms with Gasteiger partial charge in [0.25, 0.3) is 0 Å². The highest BCUT2D eigenvalue weighted by Gasteiger charge is 2.13. The fraction of sp³-hybridized carbons (Fsp3) is 0.0714. The van der Waals surface area contributed by atoms with Gasteiger partial charge in [0.15, 0.2) is 5.58 Å². The van der Waals surface area contributed by atoms with Crippen molar-refractivity contribution in [3.63, 3.8) is 0 Å². The largest absolute Gasteiger partial charge is 0.435 e. The molecule has 0 aliphatic rings. The maximum atomic E-state index is 5.94. The van der Waals surface area contributed by atoms with Gasteiger partial charge in [-0.15, -0.1) is 0 Å². The van der Waals surface area contributed by atoms with Gasteiger partial charge < -0.3 is 4.42 Å². The fourth-order valence-electron chi connectivity index (χ4n) is 1.90. The van der Waals surface area contributed by atoms with Crippen molar-refractivity contribution in [2.45, 2.75) is 6.92 Å². The second-order valence-electron chi connectivity index (χ2n) is 4.24. The Morgan fingerprint density at radius 1 is 1.11 bits per heavy atom. The molecule has 0 amide bonds. The van der Waals surface area contributed by atoms with Crippen molar-refractivity contribution >= 4 is 54.6 Å². The highest BCUT2D eigenvalue weighted by atomic mass is 79.9. The minimum absolute atomic E-state index is 0.574. The van der Waals surface area contributed by atoms with Crippen LogP contribution >= 0.6 is 43.5 Å². The Labute approximate surface area is 132 Å². The Hall–Kier alpha value is -0.840. The molecule has 5 heteroatoms. The molecule has 0 radical (unpaired) electrons. The lowest BCUT2D eigenvalue weighted by atomic mass is 10.2. The standard InChI is InChI=1S/C14H8Br2ClNO/c1-7-4-11(16)13-12(5-7)18-14(19-13)9-3-2-8(17)6-10(9)15/h2-6H,1H3. The molecule has 96 valence electrons. The van der Waals surface area contributed by atoms with Gasteiger partial charge in [-0.05, 0) is 74.7 Å².